The largest absolute Gasteiger partial charge is 0.353 e. The van der Waals surface area contributed by atoms with Crippen molar-refractivity contribution in [1.82, 2.24) is 20.7 Å². The lowest BCUT2D eigenvalue weighted by molar-refractivity contribution is -0.145. The van der Waals surface area contributed by atoms with E-state index in [1.807, 2.05) is 32.0 Å². The molecule has 0 bridgehead atoms. The van der Waals surface area contributed by atoms with Gasteiger partial charge in [0.25, 0.3) is 5.91 Å². The standard InChI is InChI=1S/C27H34FN5O3.2ClH/c1-4-29-10-11-30-26(35)16-32(24-13-19-8-9-25(34)21(19)12-18(24)2)17-27(36)31(3)33-14-20-6-5-7-23(28)22(20)15-33;;/h5-7,12-13,29H,4,8-11,14-17H2,1-3H3,(H,30,35);2*1H. The molecule has 2 amide bonds. The summed E-state index contributed by atoms with van der Waals surface area (Å²) in [4.78, 5) is 40.1. The van der Waals surface area contributed by atoms with Gasteiger partial charge in [0.1, 0.15) is 5.82 Å². The van der Waals surface area contributed by atoms with Crippen LogP contribution in [-0.2, 0) is 29.1 Å². The predicted molar refractivity (Wildman–Crippen MR) is 151 cm³/mol. The van der Waals surface area contributed by atoms with Gasteiger partial charge in [0.05, 0.1) is 13.1 Å². The zero-order valence-corrected chi connectivity index (χ0v) is 23.6. The van der Waals surface area contributed by atoms with E-state index in [9.17, 15) is 18.8 Å². The Morgan fingerprint density at radius 3 is 2.53 bits per heavy atom. The van der Waals surface area contributed by atoms with Crippen LogP contribution in [0.25, 0.3) is 0 Å². The number of carbonyl (C=O) groups is 3. The number of carbonyl (C=O) groups excluding carboxylic acids is 3. The quantitative estimate of drug-likeness (QED) is 0.429. The molecule has 4 rings (SSSR count). The number of likely N-dealkylation sites (N-methyl/N-ethyl adjacent to an activating group) is 2. The van der Waals surface area contributed by atoms with Crippen LogP contribution in [0.5, 0.6) is 0 Å². The molecular weight excluding hydrogens is 532 g/mol. The lowest BCUT2D eigenvalue weighted by Gasteiger charge is -2.32. The number of hydrogen-bond donors (Lipinski definition) is 2. The fourth-order valence-electron chi connectivity index (χ4n) is 4.85. The van der Waals surface area contributed by atoms with Gasteiger partial charge in [-0.2, -0.15) is 0 Å². The third-order valence-corrected chi connectivity index (χ3v) is 6.91. The second-order valence-corrected chi connectivity index (χ2v) is 9.40. The van der Waals surface area contributed by atoms with Gasteiger partial charge in [-0.15, -0.1) is 24.8 Å². The van der Waals surface area contributed by atoms with Crippen LogP contribution in [-0.4, -0.2) is 67.4 Å². The lowest BCUT2D eigenvalue weighted by atomic mass is 10.0. The second-order valence-electron chi connectivity index (χ2n) is 9.40. The first kappa shape index (κ1) is 31.5. The molecule has 38 heavy (non-hydrogen) atoms. The van der Waals surface area contributed by atoms with Crippen molar-refractivity contribution in [3.8, 4) is 0 Å². The molecule has 0 radical (unpaired) electrons. The second kappa shape index (κ2) is 13.9. The topological polar surface area (TPSA) is 85.0 Å². The highest BCUT2D eigenvalue weighted by Gasteiger charge is 2.29. The van der Waals surface area contributed by atoms with Crippen LogP contribution >= 0.6 is 24.8 Å². The van der Waals surface area contributed by atoms with Gasteiger partial charge in [-0.05, 0) is 54.8 Å². The smallest absolute Gasteiger partial charge is 0.256 e. The number of nitrogens with one attached hydrogen (secondary N) is 2. The van der Waals surface area contributed by atoms with E-state index in [4.69, 9.17) is 0 Å². The van der Waals surface area contributed by atoms with Crippen molar-refractivity contribution in [3.05, 3.63) is 64.0 Å². The van der Waals surface area contributed by atoms with Crippen LogP contribution < -0.4 is 15.5 Å². The van der Waals surface area contributed by atoms with Crippen molar-refractivity contribution in [2.24, 2.45) is 0 Å². The number of anilines is 1. The summed E-state index contributed by atoms with van der Waals surface area (Å²) in [5.74, 6) is -0.534. The van der Waals surface area contributed by atoms with Gasteiger partial charge in [0.15, 0.2) is 5.78 Å². The van der Waals surface area contributed by atoms with Crippen LogP contribution in [0.2, 0.25) is 0 Å². The Hall–Kier alpha value is -2.72. The Balaban J connectivity index is 0.00000253. The molecule has 0 atom stereocenters. The molecule has 11 heteroatoms. The van der Waals surface area contributed by atoms with Crippen molar-refractivity contribution in [2.75, 3.05) is 44.7 Å². The maximum Gasteiger partial charge on any atom is 0.256 e. The Morgan fingerprint density at radius 1 is 1.05 bits per heavy atom. The van der Waals surface area contributed by atoms with E-state index in [0.29, 0.717) is 44.6 Å². The summed E-state index contributed by atoms with van der Waals surface area (Å²) >= 11 is 0. The van der Waals surface area contributed by atoms with E-state index in [1.54, 1.807) is 23.0 Å². The molecule has 2 aromatic rings. The highest BCUT2D eigenvalue weighted by molar-refractivity contribution is 6.01. The number of ketones is 1. The molecule has 208 valence electrons. The number of hydrazine groups is 1. The number of nitrogens with zero attached hydrogens (tertiary/aromatic N) is 3. The Morgan fingerprint density at radius 2 is 1.82 bits per heavy atom. The Kier molecular flexibility index (Phi) is 11.5. The summed E-state index contributed by atoms with van der Waals surface area (Å²) in [6, 6.07) is 8.79. The highest BCUT2D eigenvalue weighted by Crippen LogP contribution is 2.31. The minimum absolute atomic E-state index is 0. The van der Waals surface area contributed by atoms with E-state index >= 15 is 0 Å². The van der Waals surface area contributed by atoms with Crippen LogP contribution in [0.4, 0.5) is 10.1 Å². The number of rotatable bonds is 10. The normalized spacial score (nSPS) is 13.7. The number of benzene rings is 2. The number of amides is 2. The average molecular weight is 569 g/mol. The summed E-state index contributed by atoms with van der Waals surface area (Å²) in [7, 11) is 1.68. The fraction of sp³-hybridized carbons (Fsp3) is 0.444. The van der Waals surface area contributed by atoms with Gasteiger partial charge in [-0.25, -0.2) is 9.40 Å². The molecule has 0 saturated heterocycles. The molecule has 0 aromatic heterocycles. The number of hydrogen-bond acceptors (Lipinski definition) is 6. The molecule has 0 saturated carbocycles. The molecule has 1 aliphatic carbocycles. The number of fused-ring (bicyclic) bond motifs is 2. The zero-order valence-electron chi connectivity index (χ0n) is 22.0. The van der Waals surface area contributed by atoms with Gasteiger partial charge in [0, 0.05) is 56.5 Å². The molecule has 1 aliphatic heterocycles. The monoisotopic (exact) mass is 567 g/mol. The van der Waals surface area contributed by atoms with Crippen LogP contribution in [0.1, 0.15) is 46.0 Å². The van der Waals surface area contributed by atoms with Gasteiger partial charge in [-0.3, -0.25) is 19.4 Å². The number of aryl methyl sites for hydroxylation is 2. The molecule has 0 fully saturated rings. The molecule has 1 heterocycles. The van der Waals surface area contributed by atoms with E-state index in [1.165, 1.54) is 11.1 Å². The van der Waals surface area contributed by atoms with Crippen molar-refractivity contribution >= 4 is 48.1 Å². The van der Waals surface area contributed by atoms with Gasteiger partial charge in [0.2, 0.25) is 5.91 Å². The minimum Gasteiger partial charge on any atom is -0.353 e. The highest BCUT2D eigenvalue weighted by atomic mass is 35.5. The maximum absolute atomic E-state index is 14.2. The molecule has 2 aromatic carbocycles. The molecular formula is C27H36Cl2FN5O3. The third kappa shape index (κ3) is 7.02. The number of Topliss-reactive ketones (excluding diaryl/α,β-unsaturated/α-hetero) is 1. The predicted octanol–water partition coefficient (Wildman–Crippen LogP) is 3.03. The van der Waals surface area contributed by atoms with Crippen LogP contribution in [0.3, 0.4) is 0 Å². The van der Waals surface area contributed by atoms with Gasteiger partial charge < -0.3 is 15.5 Å². The van der Waals surface area contributed by atoms with E-state index in [2.05, 4.69) is 10.6 Å². The Bertz CT molecular complexity index is 1180. The summed E-state index contributed by atoms with van der Waals surface area (Å²) in [5.41, 5.74) is 4.76. The van der Waals surface area contributed by atoms with Gasteiger partial charge >= 0.3 is 0 Å². The first-order valence-corrected chi connectivity index (χ1v) is 12.4. The minimum atomic E-state index is -0.268. The maximum atomic E-state index is 14.2. The van der Waals surface area contributed by atoms with Gasteiger partial charge in [-0.1, -0.05) is 19.1 Å². The Labute approximate surface area is 235 Å². The van der Waals surface area contributed by atoms with Crippen LogP contribution in [0, 0.1) is 12.7 Å². The molecule has 0 spiro atoms. The molecule has 8 nitrogen and oxygen atoms in total. The summed E-state index contributed by atoms with van der Waals surface area (Å²) < 4.78 is 14.2. The summed E-state index contributed by atoms with van der Waals surface area (Å²) in [5, 5.41) is 9.38. The zero-order chi connectivity index (χ0) is 25.8. The van der Waals surface area contributed by atoms with Crippen molar-refractivity contribution in [3.63, 3.8) is 0 Å². The molecule has 2 N–H and O–H groups in total. The number of halogens is 3. The van der Waals surface area contributed by atoms with E-state index in [-0.39, 0.29) is 61.3 Å². The van der Waals surface area contributed by atoms with Crippen molar-refractivity contribution in [1.29, 1.82) is 0 Å². The summed E-state index contributed by atoms with van der Waals surface area (Å²) in [6.45, 7) is 6.61. The fourth-order valence-corrected chi connectivity index (χ4v) is 4.85. The lowest BCUT2D eigenvalue weighted by Crippen LogP contribution is -2.48. The van der Waals surface area contributed by atoms with Crippen LogP contribution in [0.15, 0.2) is 30.3 Å². The summed E-state index contributed by atoms with van der Waals surface area (Å²) in [6.07, 6.45) is 1.15. The SMILES string of the molecule is CCNCCNC(=O)CN(CC(=O)N(C)N1Cc2cccc(F)c2C1)c1cc2c(cc1C)C(=O)CC2.Cl.Cl. The van der Waals surface area contributed by atoms with Crippen molar-refractivity contribution < 1.29 is 18.8 Å². The van der Waals surface area contributed by atoms with E-state index < -0.39 is 0 Å². The molecule has 2 aliphatic rings. The first-order chi connectivity index (χ1) is 17.3. The average Bonchev–Trinajstić information content (AvgIpc) is 3.45. The third-order valence-electron chi connectivity index (χ3n) is 6.91. The first-order valence-electron chi connectivity index (χ1n) is 12.4. The molecule has 0 unspecified atom stereocenters. The van der Waals surface area contributed by atoms with Crippen molar-refractivity contribution in [2.45, 2.75) is 39.8 Å². The van der Waals surface area contributed by atoms with E-state index in [0.717, 1.165) is 34.5 Å².